The van der Waals surface area contributed by atoms with Crippen molar-refractivity contribution < 1.29 is 9.59 Å². The highest BCUT2D eigenvalue weighted by atomic mass is 16.2. The van der Waals surface area contributed by atoms with Crippen molar-refractivity contribution in [2.45, 2.75) is 6.92 Å². The summed E-state index contributed by atoms with van der Waals surface area (Å²) in [6.45, 7) is 1.22. The summed E-state index contributed by atoms with van der Waals surface area (Å²) in [6, 6.07) is 0. The Bertz CT molecular complexity index is 154. The van der Waals surface area contributed by atoms with Crippen LogP contribution in [0.25, 0.3) is 0 Å². The molecule has 0 aromatic carbocycles. The lowest BCUT2D eigenvalue weighted by molar-refractivity contribution is -0.126. The molecule has 0 aliphatic carbocycles. The Labute approximate surface area is 47.1 Å². The third kappa shape index (κ3) is 2.91. The van der Waals surface area contributed by atoms with Crippen molar-refractivity contribution in [1.82, 2.24) is 5.32 Å². The van der Waals surface area contributed by atoms with E-state index >= 15 is 0 Å². The van der Waals surface area contributed by atoms with Gasteiger partial charge in [-0.2, -0.15) is 0 Å². The number of hydrogen-bond acceptors (Lipinski definition) is 2. The van der Waals surface area contributed by atoms with Gasteiger partial charge >= 0.3 is 5.91 Å². The molecule has 0 aromatic heterocycles. The van der Waals surface area contributed by atoms with E-state index in [0.29, 0.717) is 0 Å². The van der Waals surface area contributed by atoms with Crippen molar-refractivity contribution in [3.05, 3.63) is 0 Å². The summed E-state index contributed by atoms with van der Waals surface area (Å²) in [5, 5.41) is 1.88. The normalized spacial score (nSPS) is 7.00. The summed E-state index contributed by atoms with van der Waals surface area (Å²) < 4.78 is 0. The lowest BCUT2D eigenvalue weighted by atomic mass is 10.6. The monoisotopic (exact) mass is 111 g/mol. The van der Waals surface area contributed by atoms with E-state index in [9.17, 15) is 9.59 Å². The number of carbonyl (C=O) groups excluding carboxylic acids is 2. The molecule has 42 valence electrons. The fourth-order valence-corrected chi connectivity index (χ4v) is 0.196. The largest absolute Gasteiger partial charge is 0.302 e. The van der Waals surface area contributed by atoms with E-state index in [1.54, 1.807) is 5.92 Å². The van der Waals surface area contributed by atoms with E-state index in [2.05, 4.69) is 6.42 Å². The van der Waals surface area contributed by atoms with Gasteiger partial charge in [-0.3, -0.25) is 14.9 Å². The Kier molecular flexibility index (Phi) is 2.35. The summed E-state index contributed by atoms with van der Waals surface area (Å²) in [5.74, 6) is 0.592. The van der Waals surface area contributed by atoms with Crippen LogP contribution in [0.2, 0.25) is 0 Å². The van der Waals surface area contributed by atoms with Gasteiger partial charge in [0.15, 0.2) is 0 Å². The summed E-state index contributed by atoms with van der Waals surface area (Å²) in [7, 11) is 0. The average molecular weight is 111 g/mol. The van der Waals surface area contributed by atoms with Gasteiger partial charge in [0.05, 0.1) is 0 Å². The van der Waals surface area contributed by atoms with E-state index in [4.69, 9.17) is 0 Å². The molecule has 8 heavy (non-hydrogen) atoms. The zero-order chi connectivity index (χ0) is 6.57. The topological polar surface area (TPSA) is 46.2 Å². The zero-order valence-corrected chi connectivity index (χ0v) is 4.39. The van der Waals surface area contributed by atoms with Gasteiger partial charge in [0.1, 0.15) is 0 Å². The molecule has 0 aromatic rings. The van der Waals surface area contributed by atoms with Crippen LogP contribution in [0.3, 0.4) is 0 Å². The van der Waals surface area contributed by atoms with Crippen LogP contribution in [0, 0.1) is 12.3 Å². The van der Waals surface area contributed by atoms with Crippen LogP contribution in [0.15, 0.2) is 0 Å². The predicted octanol–water partition coefficient (Wildman–Crippen LogP) is -0.718. The Morgan fingerprint density at radius 3 is 2.25 bits per heavy atom. The Balaban J connectivity index is 3.61. The SMILES string of the molecule is C#CC(=O)NC(C)=O. The molecule has 3 heteroatoms. The predicted molar refractivity (Wildman–Crippen MR) is 27.7 cm³/mol. The molecule has 0 saturated carbocycles. The molecule has 0 bridgehead atoms. The number of imide groups is 1. The first-order chi connectivity index (χ1) is 3.66. The summed E-state index contributed by atoms with van der Waals surface area (Å²) in [5.41, 5.74) is 0. The number of rotatable bonds is 0. The standard InChI is InChI=1S/C5H5NO2/c1-3-5(8)6-4(2)7/h1H,2H3,(H,6,7,8). The Morgan fingerprint density at radius 2 is 2.12 bits per heavy atom. The fraction of sp³-hybridized carbons (Fsp3) is 0.200. The number of amides is 2. The summed E-state index contributed by atoms with van der Waals surface area (Å²) in [6.07, 6.45) is 4.61. The lowest BCUT2D eigenvalue weighted by Crippen LogP contribution is -2.25. The van der Waals surface area contributed by atoms with Crippen LogP contribution in [0.1, 0.15) is 6.92 Å². The maximum atomic E-state index is 10.1. The van der Waals surface area contributed by atoms with E-state index in [1.165, 1.54) is 6.92 Å². The van der Waals surface area contributed by atoms with Crippen molar-refractivity contribution in [3.8, 4) is 12.3 Å². The number of carbonyl (C=O) groups is 2. The van der Waals surface area contributed by atoms with E-state index in [-0.39, 0.29) is 0 Å². The smallest absolute Gasteiger partial charge is 0.286 e. The van der Waals surface area contributed by atoms with E-state index in [1.807, 2.05) is 5.32 Å². The van der Waals surface area contributed by atoms with Gasteiger partial charge < -0.3 is 0 Å². The minimum absolute atomic E-state index is 0.437. The molecule has 0 aliphatic rings. The maximum absolute atomic E-state index is 10.1. The zero-order valence-electron chi connectivity index (χ0n) is 4.39. The van der Waals surface area contributed by atoms with Gasteiger partial charge in [0.2, 0.25) is 5.91 Å². The van der Waals surface area contributed by atoms with Crippen molar-refractivity contribution >= 4 is 11.8 Å². The second-order valence-electron chi connectivity index (χ2n) is 1.15. The highest BCUT2D eigenvalue weighted by molar-refractivity contribution is 6.03. The molecule has 0 fully saturated rings. The van der Waals surface area contributed by atoms with Crippen molar-refractivity contribution in [2.75, 3.05) is 0 Å². The average Bonchev–Trinajstić information content (AvgIpc) is 1.65. The molecule has 0 atom stereocenters. The summed E-state index contributed by atoms with van der Waals surface area (Å²) in [4.78, 5) is 20.0. The summed E-state index contributed by atoms with van der Waals surface area (Å²) >= 11 is 0. The van der Waals surface area contributed by atoms with E-state index in [0.717, 1.165) is 0 Å². The molecule has 0 rings (SSSR count). The quantitative estimate of drug-likeness (QED) is 0.419. The molecular weight excluding hydrogens is 106 g/mol. The van der Waals surface area contributed by atoms with Gasteiger partial charge in [0.25, 0.3) is 0 Å². The first-order valence-corrected chi connectivity index (χ1v) is 1.95. The van der Waals surface area contributed by atoms with Gasteiger partial charge in [-0.05, 0) is 5.92 Å². The van der Waals surface area contributed by atoms with Crippen LogP contribution in [-0.4, -0.2) is 11.8 Å². The number of terminal acetylenes is 1. The molecule has 0 spiro atoms. The third-order valence-corrected chi connectivity index (χ3v) is 0.421. The maximum Gasteiger partial charge on any atom is 0.302 e. The van der Waals surface area contributed by atoms with Gasteiger partial charge in [-0.15, -0.1) is 6.42 Å². The molecule has 0 saturated heterocycles. The molecule has 0 radical (unpaired) electrons. The fourth-order valence-electron chi connectivity index (χ4n) is 0.196. The molecular formula is C5H5NO2. The molecule has 1 N–H and O–H groups in total. The van der Waals surface area contributed by atoms with Crippen LogP contribution in [0.4, 0.5) is 0 Å². The second kappa shape index (κ2) is 2.80. The molecule has 0 heterocycles. The number of hydrogen-bond donors (Lipinski definition) is 1. The van der Waals surface area contributed by atoms with Gasteiger partial charge in [-0.1, -0.05) is 0 Å². The van der Waals surface area contributed by atoms with Crippen molar-refractivity contribution in [1.29, 1.82) is 0 Å². The number of nitrogens with one attached hydrogen (secondary N) is 1. The molecule has 0 aliphatic heterocycles. The van der Waals surface area contributed by atoms with Crippen LogP contribution in [-0.2, 0) is 9.59 Å². The Morgan fingerprint density at radius 1 is 1.62 bits per heavy atom. The third-order valence-electron chi connectivity index (χ3n) is 0.421. The van der Waals surface area contributed by atoms with Crippen molar-refractivity contribution in [3.63, 3.8) is 0 Å². The van der Waals surface area contributed by atoms with Crippen molar-refractivity contribution in [2.24, 2.45) is 0 Å². The molecule has 0 unspecified atom stereocenters. The second-order valence-corrected chi connectivity index (χ2v) is 1.15. The Hall–Kier alpha value is -1.30. The van der Waals surface area contributed by atoms with Crippen LogP contribution < -0.4 is 5.32 Å². The van der Waals surface area contributed by atoms with Gasteiger partial charge in [-0.25, -0.2) is 0 Å². The molecule has 3 nitrogen and oxygen atoms in total. The van der Waals surface area contributed by atoms with Gasteiger partial charge in [0, 0.05) is 6.92 Å². The lowest BCUT2D eigenvalue weighted by Gasteiger charge is -1.87. The minimum Gasteiger partial charge on any atom is -0.286 e. The van der Waals surface area contributed by atoms with Crippen LogP contribution in [0.5, 0.6) is 0 Å². The first-order valence-electron chi connectivity index (χ1n) is 1.95. The first kappa shape index (κ1) is 6.70. The highest BCUT2D eigenvalue weighted by Gasteiger charge is 1.94. The highest BCUT2D eigenvalue weighted by Crippen LogP contribution is 1.59. The van der Waals surface area contributed by atoms with E-state index < -0.39 is 11.8 Å². The molecule has 2 amide bonds. The van der Waals surface area contributed by atoms with Crippen LogP contribution >= 0.6 is 0 Å². The minimum atomic E-state index is -0.697.